The number of aryl methyl sites for hydroxylation is 2. The first-order valence-electron chi connectivity index (χ1n) is 9.92. The first kappa shape index (κ1) is 18.7. The summed E-state index contributed by atoms with van der Waals surface area (Å²) in [6.45, 7) is 6.03. The number of aromatic nitrogens is 4. The van der Waals surface area contributed by atoms with Crippen molar-refractivity contribution in [2.45, 2.75) is 33.2 Å². The maximum Gasteiger partial charge on any atom is 0.264 e. The first-order chi connectivity index (χ1) is 14.4. The van der Waals surface area contributed by atoms with Gasteiger partial charge in [-0.3, -0.25) is 14.3 Å². The van der Waals surface area contributed by atoms with E-state index < -0.39 is 0 Å². The van der Waals surface area contributed by atoms with Crippen LogP contribution in [0, 0.1) is 18.5 Å². The van der Waals surface area contributed by atoms with Gasteiger partial charge in [0, 0.05) is 17.4 Å². The summed E-state index contributed by atoms with van der Waals surface area (Å²) in [5, 5.41) is 0.334. The van der Waals surface area contributed by atoms with E-state index in [1.807, 2.05) is 54.8 Å². The van der Waals surface area contributed by atoms with Crippen LogP contribution in [0.2, 0.25) is 0 Å². The molecule has 0 fully saturated rings. The topological polar surface area (TPSA) is 66.8 Å². The number of nitrogens with one attached hydrogen (secondary N) is 1. The molecule has 0 amide bonds. The highest BCUT2D eigenvalue weighted by atomic mass is 32.1. The van der Waals surface area contributed by atoms with Gasteiger partial charge in [0.2, 0.25) is 5.95 Å². The molecule has 5 rings (SSSR count). The van der Waals surface area contributed by atoms with Crippen LogP contribution >= 0.6 is 12.2 Å². The Balaban J connectivity index is 1.73. The average Bonchev–Trinajstić information content (AvgIpc) is 3.03. The minimum atomic E-state index is -0.273. The van der Waals surface area contributed by atoms with Crippen LogP contribution in [0.5, 0.6) is 0 Å². The number of anilines is 2. The van der Waals surface area contributed by atoms with E-state index in [0.717, 1.165) is 23.4 Å². The Labute approximate surface area is 178 Å². The molecule has 2 aromatic heterocycles. The minimum absolute atomic E-state index is 0.188. The maximum atomic E-state index is 13.1. The van der Waals surface area contributed by atoms with Crippen molar-refractivity contribution >= 4 is 34.9 Å². The summed E-state index contributed by atoms with van der Waals surface area (Å²) >= 11 is 5.71. The molecular weight excluding hydrogens is 394 g/mol. The monoisotopic (exact) mass is 415 g/mol. The van der Waals surface area contributed by atoms with Gasteiger partial charge in [0.25, 0.3) is 5.56 Å². The van der Waals surface area contributed by atoms with Gasteiger partial charge in [-0.05, 0) is 56.5 Å². The molecule has 1 N–H and O–H groups in total. The van der Waals surface area contributed by atoms with Gasteiger partial charge in [-0.15, -0.1) is 0 Å². The van der Waals surface area contributed by atoms with Gasteiger partial charge in [0.05, 0.1) is 0 Å². The lowest BCUT2D eigenvalue weighted by Gasteiger charge is -2.23. The number of nitrogens with zero attached hydrogens (tertiary/aromatic N) is 4. The number of para-hydroxylation sites is 1. The van der Waals surface area contributed by atoms with Crippen molar-refractivity contribution in [3.8, 4) is 5.69 Å². The molecule has 30 heavy (non-hydrogen) atoms. The Morgan fingerprint density at radius 3 is 2.70 bits per heavy atom. The molecule has 0 saturated heterocycles. The summed E-state index contributed by atoms with van der Waals surface area (Å²) in [7, 11) is 0. The molecule has 150 valence electrons. The lowest BCUT2D eigenvalue weighted by molar-refractivity contribution is 0.739. The van der Waals surface area contributed by atoms with Crippen molar-refractivity contribution in [1.82, 2.24) is 19.5 Å². The van der Waals surface area contributed by atoms with Crippen LogP contribution in [0.1, 0.15) is 23.9 Å². The molecule has 1 aliphatic heterocycles. The van der Waals surface area contributed by atoms with E-state index in [0.29, 0.717) is 27.4 Å². The average molecular weight is 416 g/mol. The third-order valence-corrected chi connectivity index (χ3v) is 5.98. The molecule has 4 aromatic rings. The molecule has 0 saturated carbocycles. The molecule has 7 heteroatoms. The van der Waals surface area contributed by atoms with Gasteiger partial charge in [0.1, 0.15) is 15.9 Å². The first-order valence-corrected chi connectivity index (χ1v) is 10.3. The second kappa shape index (κ2) is 6.88. The van der Waals surface area contributed by atoms with Crippen LogP contribution in [-0.2, 0) is 6.42 Å². The van der Waals surface area contributed by atoms with E-state index in [9.17, 15) is 4.79 Å². The van der Waals surface area contributed by atoms with Crippen LogP contribution in [0.3, 0.4) is 0 Å². The van der Waals surface area contributed by atoms with Gasteiger partial charge < -0.3 is 4.90 Å². The number of benzene rings is 2. The molecule has 0 radical (unpaired) electrons. The zero-order valence-corrected chi connectivity index (χ0v) is 17.8. The van der Waals surface area contributed by atoms with Gasteiger partial charge in [-0.25, -0.2) is 4.98 Å². The highest BCUT2D eigenvalue weighted by molar-refractivity contribution is 7.71. The summed E-state index contributed by atoms with van der Waals surface area (Å²) in [6.07, 6.45) is 0.902. The normalized spacial score (nSPS) is 15.6. The molecule has 0 aliphatic carbocycles. The Bertz CT molecular complexity index is 1420. The summed E-state index contributed by atoms with van der Waals surface area (Å²) < 4.78 is 2.24. The van der Waals surface area contributed by atoms with Crippen LogP contribution in [0.4, 0.5) is 11.6 Å². The van der Waals surface area contributed by atoms with Crippen molar-refractivity contribution < 1.29 is 0 Å². The van der Waals surface area contributed by atoms with E-state index >= 15 is 0 Å². The van der Waals surface area contributed by atoms with Crippen molar-refractivity contribution in [1.29, 1.82) is 0 Å². The summed E-state index contributed by atoms with van der Waals surface area (Å²) in [5.74, 6) is 1.19. The standard InChI is InChI=1S/C23H21N5OS/c1-13-7-6-9-17(11-13)28-15(3)24-20-19(22(28)30)21(29)26-23(25-20)27-14(2)12-16-8-4-5-10-18(16)27/h4-11,14H,12H2,1-3H3,(H,25,26,29)/t14-/m0/s1. The number of hydrogen-bond donors (Lipinski definition) is 1. The largest absolute Gasteiger partial charge is 0.309 e. The Hall–Kier alpha value is -3.32. The molecular formula is C23H21N5OS. The second-order valence-electron chi connectivity index (χ2n) is 7.78. The molecule has 6 nitrogen and oxygen atoms in total. The molecule has 0 spiro atoms. The number of rotatable bonds is 2. The fourth-order valence-electron chi connectivity index (χ4n) is 4.26. The fraction of sp³-hybridized carbons (Fsp3) is 0.217. The van der Waals surface area contributed by atoms with Gasteiger partial charge >= 0.3 is 0 Å². The van der Waals surface area contributed by atoms with Crippen LogP contribution < -0.4 is 10.5 Å². The lowest BCUT2D eigenvalue weighted by Crippen LogP contribution is -2.28. The van der Waals surface area contributed by atoms with Gasteiger partial charge in [-0.1, -0.05) is 42.5 Å². The van der Waals surface area contributed by atoms with Crippen LogP contribution in [0.25, 0.3) is 16.7 Å². The Kier molecular flexibility index (Phi) is 4.29. The third-order valence-electron chi connectivity index (χ3n) is 5.59. The molecule has 2 aromatic carbocycles. The minimum Gasteiger partial charge on any atom is -0.309 e. The zero-order valence-electron chi connectivity index (χ0n) is 17.0. The van der Waals surface area contributed by atoms with Crippen LogP contribution in [0.15, 0.2) is 53.3 Å². The quantitative estimate of drug-likeness (QED) is 0.487. The molecule has 1 aliphatic rings. The second-order valence-corrected chi connectivity index (χ2v) is 8.17. The molecule has 0 unspecified atom stereocenters. The van der Waals surface area contributed by atoms with Crippen molar-refractivity contribution in [3.63, 3.8) is 0 Å². The summed E-state index contributed by atoms with van der Waals surface area (Å²) in [6, 6.07) is 16.4. The van der Waals surface area contributed by atoms with E-state index in [4.69, 9.17) is 17.2 Å². The fourth-order valence-corrected chi connectivity index (χ4v) is 4.68. The van der Waals surface area contributed by atoms with Gasteiger partial charge in [0.15, 0.2) is 5.65 Å². The maximum absolute atomic E-state index is 13.1. The molecule has 1 atom stereocenters. The highest BCUT2D eigenvalue weighted by Crippen LogP contribution is 2.36. The molecule has 0 bridgehead atoms. The Morgan fingerprint density at radius 2 is 1.90 bits per heavy atom. The predicted molar refractivity (Wildman–Crippen MR) is 122 cm³/mol. The molecule has 3 heterocycles. The third kappa shape index (κ3) is 2.85. The zero-order chi connectivity index (χ0) is 21.0. The van der Waals surface area contributed by atoms with Crippen LogP contribution in [-0.4, -0.2) is 25.6 Å². The SMILES string of the molecule is Cc1cccc(-n2c(C)nc3nc(N4c5ccccc5C[C@@H]4C)[nH]c(=O)c3c2=S)c1. The Morgan fingerprint density at radius 1 is 1.10 bits per heavy atom. The number of H-pyrrole nitrogens is 1. The van der Waals surface area contributed by atoms with E-state index in [1.54, 1.807) is 0 Å². The predicted octanol–water partition coefficient (Wildman–Crippen LogP) is 4.54. The number of aromatic amines is 1. The summed E-state index contributed by atoms with van der Waals surface area (Å²) in [5.41, 5.74) is 4.40. The van der Waals surface area contributed by atoms with E-state index in [1.165, 1.54) is 5.56 Å². The number of fused-ring (bicyclic) bond motifs is 2. The van der Waals surface area contributed by atoms with Crippen molar-refractivity contribution in [2.75, 3.05) is 4.90 Å². The summed E-state index contributed by atoms with van der Waals surface area (Å²) in [4.78, 5) is 27.5. The van der Waals surface area contributed by atoms with Crippen molar-refractivity contribution in [3.05, 3.63) is 80.5 Å². The van der Waals surface area contributed by atoms with Crippen molar-refractivity contribution in [2.24, 2.45) is 0 Å². The smallest absolute Gasteiger partial charge is 0.264 e. The van der Waals surface area contributed by atoms with E-state index in [-0.39, 0.29) is 11.6 Å². The van der Waals surface area contributed by atoms with E-state index in [2.05, 4.69) is 33.9 Å². The lowest BCUT2D eigenvalue weighted by atomic mass is 10.1. The van der Waals surface area contributed by atoms with Gasteiger partial charge in [-0.2, -0.15) is 4.98 Å². The highest BCUT2D eigenvalue weighted by Gasteiger charge is 2.29. The number of hydrogen-bond acceptors (Lipinski definition) is 5.